The largest absolute Gasteiger partial charge is 0.318 e. The molecule has 0 radical (unpaired) electrons. The Kier molecular flexibility index (Phi) is 3.04. The first-order valence-electron chi connectivity index (χ1n) is 5.84. The van der Waals surface area contributed by atoms with Crippen LogP contribution in [0.15, 0.2) is 53.6 Å². The lowest BCUT2D eigenvalue weighted by molar-refractivity contribution is -0.0105. The third-order valence-corrected chi connectivity index (χ3v) is 4.01. The number of rotatable bonds is 3. The Morgan fingerprint density at radius 3 is 2.33 bits per heavy atom. The van der Waals surface area contributed by atoms with Gasteiger partial charge in [0.2, 0.25) is 0 Å². The summed E-state index contributed by atoms with van der Waals surface area (Å²) in [6.45, 7) is 0. The molecule has 0 saturated heterocycles. The van der Waals surface area contributed by atoms with Crippen molar-refractivity contribution in [1.82, 2.24) is 10.0 Å². The molecule has 2 amide bonds. The summed E-state index contributed by atoms with van der Waals surface area (Å²) in [6, 6.07) is 10.1. The Labute approximate surface area is 119 Å². The van der Waals surface area contributed by atoms with Crippen molar-refractivity contribution < 1.29 is 22.3 Å². The Morgan fingerprint density at radius 2 is 1.67 bits per heavy atom. The molecule has 1 aliphatic rings. The Hall–Kier alpha value is -2.58. The fourth-order valence-electron chi connectivity index (χ4n) is 1.84. The van der Waals surface area contributed by atoms with Gasteiger partial charge in [0.25, 0.3) is 5.91 Å². The number of aromatic nitrogens is 1. The smallest absolute Gasteiger partial charge is 0.266 e. The summed E-state index contributed by atoms with van der Waals surface area (Å²) in [5, 5.41) is 0.208. The van der Waals surface area contributed by atoms with Gasteiger partial charge in [-0.3, -0.25) is 14.6 Å². The standard InChI is InChI=1S/C13H8N2O5S/c16-12-10-7-4-8-14-11(10)13(17)15(12)20-21(18,19)9-5-2-1-3-6-9/h1-8H. The van der Waals surface area contributed by atoms with Gasteiger partial charge in [0.05, 0.1) is 10.5 Å². The van der Waals surface area contributed by atoms with E-state index in [1.165, 1.54) is 42.6 Å². The van der Waals surface area contributed by atoms with Crippen LogP contribution in [0.5, 0.6) is 0 Å². The van der Waals surface area contributed by atoms with Crippen molar-refractivity contribution in [2.45, 2.75) is 4.90 Å². The number of nitrogens with zero attached hydrogens (tertiary/aromatic N) is 2. The molecule has 0 atom stereocenters. The van der Waals surface area contributed by atoms with E-state index in [4.69, 9.17) is 0 Å². The van der Waals surface area contributed by atoms with E-state index in [1.54, 1.807) is 6.07 Å². The van der Waals surface area contributed by atoms with Gasteiger partial charge in [-0.25, -0.2) is 0 Å². The van der Waals surface area contributed by atoms with Gasteiger partial charge in [-0.2, -0.15) is 8.42 Å². The highest BCUT2D eigenvalue weighted by Gasteiger charge is 2.41. The van der Waals surface area contributed by atoms with Crippen LogP contribution in [0.4, 0.5) is 0 Å². The highest BCUT2D eigenvalue weighted by atomic mass is 32.2. The van der Waals surface area contributed by atoms with E-state index in [0.29, 0.717) is 0 Å². The third-order valence-electron chi connectivity index (χ3n) is 2.81. The number of hydroxylamine groups is 2. The number of carbonyl (C=O) groups excluding carboxylic acids is 2. The van der Waals surface area contributed by atoms with E-state index < -0.39 is 21.9 Å². The second kappa shape index (κ2) is 4.76. The quantitative estimate of drug-likeness (QED) is 0.785. The Balaban J connectivity index is 1.94. The number of benzene rings is 1. The first kappa shape index (κ1) is 13.4. The lowest BCUT2D eigenvalue weighted by atomic mass is 10.2. The summed E-state index contributed by atoms with van der Waals surface area (Å²) >= 11 is 0. The van der Waals surface area contributed by atoms with Crippen LogP contribution in [0.1, 0.15) is 20.8 Å². The van der Waals surface area contributed by atoms with Crippen LogP contribution in [-0.4, -0.2) is 30.3 Å². The minimum absolute atomic E-state index is 0.00533. The molecule has 3 rings (SSSR count). The Morgan fingerprint density at radius 1 is 0.952 bits per heavy atom. The van der Waals surface area contributed by atoms with Gasteiger partial charge in [-0.1, -0.05) is 18.2 Å². The number of hydrogen-bond donors (Lipinski definition) is 0. The molecule has 106 valence electrons. The lowest BCUT2D eigenvalue weighted by Crippen LogP contribution is -2.32. The van der Waals surface area contributed by atoms with Crippen molar-refractivity contribution in [2.75, 3.05) is 0 Å². The number of amides is 2. The van der Waals surface area contributed by atoms with E-state index in [-0.39, 0.29) is 21.2 Å². The van der Waals surface area contributed by atoms with Crippen LogP contribution in [0.25, 0.3) is 0 Å². The molecule has 0 N–H and O–H groups in total. The minimum atomic E-state index is -4.27. The first-order chi connectivity index (χ1) is 10.0. The normalized spacial score (nSPS) is 14.4. The van der Waals surface area contributed by atoms with Gasteiger partial charge in [0, 0.05) is 6.20 Å². The second-order valence-corrected chi connectivity index (χ2v) is 5.67. The summed E-state index contributed by atoms with van der Waals surface area (Å²) < 4.78 is 28.7. The molecule has 0 bridgehead atoms. The van der Waals surface area contributed by atoms with E-state index in [9.17, 15) is 18.0 Å². The monoisotopic (exact) mass is 304 g/mol. The van der Waals surface area contributed by atoms with Crippen molar-refractivity contribution in [3.63, 3.8) is 0 Å². The molecule has 0 fully saturated rings. The molecule has 2 heterocycles. The first-order valence-corrected chi connectivity index (χ1v) is 7.25. The lowest BCUT2D eigenvalue weighted by Gasteiger charge is -2.12. The minimum Gasteiger partial charge on any atom is -0.266 e. The van der Waals surface area contributed by atoms with Crippen LogP contribution in [0.3, 0.4) is 0 Å². The molecule has 0 spiro atoms. The van der Waals surface area contributed by atoms with Crippen LogP contribution in [0.2, 0.25) is 0 Å². The average Bonchev–Trinajstić information content (AvgIpc) is 2.74. The van der Waals surface area contributed by atoms with E-state index in [2.05, 4.69) is 9.27 Å². The molecule has 8 heteroatoms. The van der Waals surface area contributed by atoms with Gasteiger partial charge < -0.3 is 0 Å². The molecule has 2 aromatic rings. The third kappa shape index (κ3) is 2.20. The molecule has 0 aliphatic carbocycles. The van der Waals surface area contributed by atoms with Gasteiger partial charge in [0.15, 0.2) is 0 Å². The predicted molar refractivity (Wildman–Crippen MR) is 69.4 cm³/mol. The fourth-order valence-corrected chi connectivity index (χ4v) is 2.75. The highest BCUT2D eigenvalue weighted by molar-refractivity contribution is 7.86. The van der Waals surface area contributed by atoms with Crippen molar-refractivity contribution in [2.24, 2.45) is 0 Å². The summed E-state index contributed by atoms with van der Waals surface area (Å²) in [6.07, 6.45) is 1.33. The summed E-state index contributed by atoms with van der Waals surface area (Å²) in [4.78, 5) is 27.6. The molecule has 7 nitrogen and oxygen atoms in total. The van der Waals surface area contributed by atoms with Crippen LogP contribution < -0.4 is 0 Å². The van der Waals surface area contributed by atoms with E-state index in [0.717, 1.165) is 0 Å². The molecule has 1 aromatic carbocycles. The zero-order valence-corrected chi connectivity index (χ0v) is 11.3. The molecule has 0 unspecified atom stereocenters. The maximum Gasteiger partial charge on any atom is 0.318 e. The van der Waals surface area contributed by atoms with Gasteiger partial charge >= 0.3 is 16.0 Å². The zero-order valence-electron chi connectivity index (χ0n) is 10.5. The summed E-state index contributed by atoms with van der Waals surface area (Å²) in [7, 11) is -4.27. The SMILES string of the molecule is O=C1c2cccnc2C(=O)N1OS(=O)(=O)c1ccccc1. The van der Waals surface area contributed by atoms with Crippen molar-refractivity contribution >= 4 is 21.9 Å². The second-order valence-electron chi connectivity index (χ2n) is 4.15. The molecular weight excluding hydrogens is 296 g/mol. The van der Waals surface area contributed by atoms with Crippen LogP contribution in [-0.2, 0) is 14.4 Å². The van der Waals surface area contributed by atoms with Crippen molar-refractivity contribution in [3.8, 4) is 0 Å². The number of pyridine rings is 1. The van der Waals surface area contributed by atoms with Crippen molar-refractivity contribution in [3.05, 3.63) is 59.9 Å². The number of carbonyl (C=O) groups is 2. The maximum absolute atomic E-state index is 12.0. The van der Waals surface area contributed by atoms with Gasteiger partial charge in [0.1, 0.15) is 5.69 Å². The molecule has 1 aliphatic heterocycles. The average molecular weight is 304 g/mol. The topological polar surface area (TPSA) is 93.6 Å². The number of hydrogen-bond acceptors (Lipinski definition) is 6. The molecule has 1 aromatic heterocycles. The van der Waals surface area contributed by atoms with Gasteiger partial charge in [-0.05, 0) is 24.3 Å². The van der Waals surface area contributed by atoms with Gasteiger partial charge in [-0.15, -0.1) is 9.35 Å². The van der Waals surface area contributed by atoms with Crippen LogP contribution >= 0.6 is 0 Å². The Bertz CT molecular complexity index is 798. The predicted octanol–water partition coefficient (Wildman–Crippen LogP) is 0.998. The van der Waals surface area contributed by atoms with Crippen LogP contribution in [0, 0.1) is 0 Å². The molecule has 21 heavy (non-hydrogen) atoms. The van der Waals surface area contributed by atoms with E-state index in [1.807, 2.05) is 0 Å². The highest BCUT2D eigenvalue weighted by Crippen LogP contribution is 2.23. The van der Waals surface area contributed by atoms with E-state index >= 15 is 0 Å². The summed E-state index contributed by atoms with van der Waals surface area (Å²) in [5.74, 6) is -1.77. The summed E-state index contributed by atoms with van der Waals surface area (Å²) in [5.41, 5.74) is -0.128. The molecule has 0 saturated carbocycles. The number of fused-ring (bicyclic) bond motifs is 1. The molecular formula is C13H8N2O5S. The van der Waals surface area contributed by atoms with Crippen molar-refractivity contribution in [1.29, 1.82) is 0 Å². The zero-order chi connectivity index (χ0) is 15.0. The maximum atomic E-state index is 12.0. The fraction of sp³-hybridized carbons (Fsp3) is 0. The number of imide groups is 1.